The molecule has 2 N–H and O–H groups in total. The van der Waals surface area contributed by atoms with Crippen molar-refractivity contribution >= 4 is 5.69 Å². The molecule has 4 heteroatoms. The summed E-state index contributed by atoms with van der Waals surface area (Å²) < 4.78 is 10.8. The number of benzene rings is 1. The van der Waals surface area contributed by atoms with Gasteiger partial charge in [0.05, 0.1) is 13.2 Å². The number of rotatable bonds is 4. The van der Waals surface area contributed by atoms with E-state index in [-0.39, 0.29) is 0 Å². The molecule has 1 unspecified atom stereocenters. The molecule has 0 spiro atoms. The summed E-state index contributed by atoms with van der Waals surface area (Å²) in [5.74, 6) is 0.906. The largest absolute Gasteiger partial charge is 0.496 e. The summed E-state index contributed by atoms with van der Waals surface area (Å²) >= 11 is 0. The smallest absolute Gasteiger partial charge is 0.123 e. The Morgan fingerprint density at radius 1 is 1.39 bits per heavy atom. The Hall–Kier alpha value is -1.26. The van der Waals surface area contributed by atoms with Gasteiger partial charge in [-0.25, -0.2) is 0 Å². The van der Waals surface area contributed by atoms with E-state index < -0.39 is 0 Å². The number of hydrogen-bond acceptors (Lipinski definition) is 4. The first-order valence-corrected chi connectivity index (χ1v) is 6.40. The molecule has 0 aliphatic carbocycles. The van der Waals surface area contributed by atoms with Crippen molar-refractivity contribution in [2.24, 2.45) is 0 Å². The van der Waals surface area contributed by atoms with Gasteiger partial charge in [0.25, 0.3) is 0 Å². The summed E-state index contributed by atoms with van der Waals surface area (Å²) in [4.78, 5) is 2.40. The third-order valence-electron chi connectivity index (χ3n) is 3.49. The van der Waals surface area contributed by atoms with Crippen LogP contribution >= 0.6 is 0 Å². The van der Waals surface area contributed by atoms with Gasteiger partial charge in [0.2, 0.25) is 0 Å². The topological polar surface area (TPSA) is 47.7 Å². The van der Waals surface area contributed by atoms with E-state index in [1.54, 1.807) is 14.2 Å². The lowest BCUT2D eigenvalue weighted by molar-refractivity contribution is 0.0283. The second-order valence-corrected chi connectivity index (χ2v) is 4.81. The third kappa shape index (κ3) is 3.15. The SMILES string of the molecule is COc1ccc(N)cc1CN1CCCC(OC)C1. The van der Waals surface area contributed by atoms with Crippen molar-refractivity contribution in [2.45, 2.75) is 25.5 Å². The summed E-state index contributed by atoms with van der Waals surface area (Å²) in [6.45, 7) is 2.96. The number of nitrogen functional groups attached to an aromatic ring is 1. The predicted octanol–water partition coefficient (Wildman–Crippen LogP) is 1.89. The Labute approximate surface area is 109 Å². The molecule has 0 bridgehead atoms. The Balaban J connectivity index is 2.06. The van der Waals surface area contributed by atoms with Crippen molar-refractivity contribution in [2.75, 3.05) is 33.0 Å². The summed E-state index contributed by atoms with van der Waals surface area (Å²) in [7, 11) is 3.48. The molecule has 100 valence electrons. The fourth-order valence-electron chi connectivity index (χ4n) is 2.51. The van der Waals surface area contributed by atoms with E-state index in [1.165, 1.54) is 6.42 Å². The Bertz CT molecular complexity index is 395. The van der Waals surface area contributed by atoms with Crippen LogP contribution in [0.5, 0.6) is 5.75 Å². The van der Waals surface area contributed by atoms with Crippen LogP contribution in [0.3, 0.4) is 0 Å². The molecule has 0 amide bonds. The minimum Gasteiger partial charge on any atom is -0.496 e. The normalized spacial score (nSPS) is 20.9. The van der Waals surface area contributed by atoms with Gasteiger partial charge < -0.3 is 15.2 Å². The van der Waals surface area contributed by atoms with Gasteiger partial charge in [0.1, 0.15) is 5.75 Å². The number of ether oxygens (including phenoxy) is 2. The first kappa shape index (κ1) is 13.2. The zero-order chi connectivity index (χ0) is 13.0. The number of nitrogens with zero attached hydrogens (tertiary/aromatic N) is 1. The molecule has 1 atom stereocenters. The van der Waals surface area contributed by atoms with Crippen LogP contribution in [0.2, 0.25) is 0 Å². The summed E-state index contributed by atoms with van der Waals surface area (Å²) in [5, 5.41) is 0. The third-order valence-corrected chi connectivity index (χ3v) is 3.49. The standard InChI is InChI=1S/C14H22N2O2/c1-17-13-4-3-7-16(10-13)9-11-8-12(15)5-6-14(11)18-2/h5-6,8,13H,3-4,7,9-10,15H2,1-2H3. The maximum Gasteiger partial charge on any atom is 0.123 e. The highest BCUT2D eigenvalue weighted by molar-refractivity contribution is 5.47. The van der Waals surface area contributed by atoms with Crippen LogP contribution < -0.4 is 10.5 Å². The Kier molecular flexibility index (Phi) is 4.44. The zero-order valence-corrected chi connectivity index (χ0v) is 11.2. The predicted molar refractivity (Wildman–Crippen MR) is 72.7 cm³/mol. The minimum atomic E-state index is 0.353. The highest BCUT2D eigenvalue weighted by atomic mass is 16.5. The second kappa shape index (κ2) is 6.07. The molecule has 0 radical (unpaired) electrons. The zero-order valence-electron chi connectivity index (χ0n) is 11.2. The summed E-state index contributed by atoms with van der Waals surface area (Å²) in [6, 6.07) is 5.80. The molecule has 1 aromatic rings. The van der Waals surface area contributed by atoms with Crippen LogP contribution in [0.4, 0.5) is 5.69 Å². The van der Waals surface area contributed by atoms with Gasteiger partial charge in [0.15, 0.2) is 0 Å². The Morgan fingerprint density at radius 3 is 2.94 bits per heavy atom. The van der Waals surface area contributed by atoms with Gasteiger partial charge in [0, 0.05) is 31.5 Å². The molecule has 1 aliphatic rings. The van der Waals surface area contributed by atoms with E-state index in [2.05, 4.69) is 4.90 Å². The van der Waals surface area contributed by atoms with Crippen LogP contribution in [-0.2, 0) is 11.3 Å². The minimum absolute atomic E-state index is 0.353. The van der Waals surface area contributed by atoms with E-state index in [0.717, 1.165) is 43.1 Å². The van der Waals surface area contributed by atoms with E-state index in [4.69, 9.17) is 15.2 Å². The molecule has 1 saturated heterocycles. The fraction of sp³-hybridized carbons (Fsp3) is 0.571. The van der Waals surface area contributed by atoms with Crippen molar-refractivity contribution in [3.8, 4) is 5.75 Å². The number of likely N-dealkylation sites (tertiary alicyclic amines) is 1. The highest BCUT2D eigenvalue weighted by Crippen LogP contribution is 2.24. The molecule has 0 saturated carbocycles. The van der Waals surface area contributed by atoms with Crippen LogP contribution in [0.25, 0.3) is 0 Å². The molecule has 1 fully saturated rings. The van der Waals surface area contributed by atoms with Crippen LogP contribution in [0.1, 0.15) is 18.4 Å². The number of methoxy groups -OCH3 is 2. The number of anilines is 1. The average molecular weight is 250 g/mol. The Morgan fingerprint density at radius 2 is 2.22 bits per heavy atom. The summed E-state index contributed by atoms with van der Waals surface area (Å²) in [6.07, 6.45) is 2.69. The van der Waals surface area contributed by atoms with Crippen LogP contribution in [0.15, 0.2) is 18.2 Å². The van der Waals surface area contributed by atoms with E-state index >= 15 is 0 Å². The fourth-order valence-corrected chi connectivity index (χ4v) is 2.51. The molecular formula is C14H22N2O2. The summed E-state index contributed by atoms with van der Waals surface area (Å²) in [5.41, 5.74) is 7.77. The first-order chi connectivity index (χ1) is 8.72. The van der Waals surface area contributed by atoms with E-state index in [9.17, 15) is 0 Å². The van der Waals surface area contributed by atoms with Gasteiger partial charge >= 0.3 is 0 Å². The van der Waals surface area contributed by atoms with Gasteiger partial charge in [-0.15, -0.1) is 0 Å². The van der Waals surface area contributed by atoms with E-state index in [1.807, 2.05) is 18.2 Å². The van der Waals surface area contributed by atoms with Gasteiger partial charge in [-0.05, 0) is 37.6 Å². The van der Waals surface area contributed by atoms with Gasteiger partial charge in [-0.3, -0.25) is 4.90 Å². The molecule has 2 rings (SSSR count). The van der Waals surface area contributed by atoms with Crippen molar-refractivity contribution in [3.05, 3.63) is 23.8 Å². The monoisotopic (exact) mass is 250 g/mol. The van der Waals surface area contributed by atoms with Crippen molar-refractivity contribution in [1.82, 2.24) is 4.90 Å². The van der Waals surface area contributed by atoms with Crippen molar-refractivity contribution < 1.29 is 9.47 Å². The molecule has 1 aliphatic heterocycles. The lowest BCUT2D eigenvalue weighted by Gasteiger charge is -2.32. The molecule has 4 nitrogen and oxygen atoms in total. The van der Waals surface area contributed by atoms with Crippen molar-refractivity contribution in [1.29, 1.82) is 0 Å². The average Bonchev–Trinajstić information content (AvgIpc) is 2.39. The molecule has 1 aromatic carbocycles. The maximum atomic E-state index is 5.84. The first-order valence-electron chi connectivity index (χ1n) is 6.40. The number of nitrogens with two attached hydrogens (primary N) is 1. The van der Waals surface area contributed by atoms with Crippen molar-refractivity contribution in [3.63, 3.8) is 0 Å². The molecular weight excluding hydrogens is 228 g/mol. The quantitative estimate of drug-likeness (QED) is 0.829. The molecule has 0 aromatic heterocycles. The number of hydrogen-bond donors (Lipinski definition) is 1. The van der Waals surface area contributed by atoms with Crippen LogP contribution in [-0.4, -0.2) is 38.3 Å². The second-order valence-electron chi connectivity index (χ2n) is 4.81. The lowest BCUT2D eigenvalue weighted by atomic mass is 10.1. The van der Waals surface area contributed by atoms with Gasteiger partial charge in [-0.1, -0.05) is 0 Å². The van der Waals surface area contributed by atoms with Crippen LogP contribution in [0, 0.1) is 0 Å². The molecule has 1 heterocycles. The highest BCUT2D eigenvalue weighted by Gasteiger charge is 2.20. The number of piperidine rings is 1. The van der Waals surface area contributed by atoms with Gasteiger partial charge in [-0.2, -0.15) is 0 Å². The molecule has 18 heavy (non-hydrogen) atoms. The lowest BCUT2D eigenvalue weighted by Crippen LogP contribution is -2.38. The maximum absolute atomic E-state index is 5.84. The van der Waals surface area contributed by atoms with E-state index in [0.29, 0.717) is 6.10 Å².